The number of nitrogens with zero attached hydrogens (tertiary/aromatic N) is 3. The molecule has 1 aromatic carbocycles. The Balaban J connectivity index is 1.57. The van der Waals surface area contributed by atoms with Crippen LogP contribution in [0.3, 0.4) is 0 Å². The second-order valence-electron chi connectivity index (χ2n) is 5.59. The summed E-state index contributed by atoms with van der Waals surface area (Å²) in [5, 5.41) is 3.49. The third-order valence-corrected chi connectivity index (χ3v) is 5.56. The van der Waals surface area contributed by atoms with Gasteiger partial charge in [-0.1, -0.05) is 17.7 Å². The number of anilines is 1. The molecule has 0 fully saturated rings. The van der Waals surface area contributed by atoms with Crippen LogP contribution in [-0.4, -0.2) is 36.0 Å². The number of halogens is 1. The minimum atomic E-state index is -3.61. The van der Waals surface area contributed by atoms with Gasteiger partial charge >= 0.3 is 0 Å². The van der Waals surface area contributed by atoms with Crippen LogP contribution in [0.2, 0.25) is 5.02 Å². The van der Waals surface area contributed by atoms with E-state index >= 15 is 0 Å². The maximum atomic E-state index is 12.3. The van der Waals surface area contributed by atoms with E-state index < -0.39 is 10.0 Å². The largest absolute Gasteiger partial charge is 0.369 e. The second kappa shape index (κ2) is 7.86. The Labute approximate surface area is 157 Å². The summed E-state index contributed by atoms with van der Waals surface area (Å²) in [4.78, 5) is 8.47. The van der Waals surface area contributed by atoms with Crippen molar-refractivity contribution in [1.82, 2.24) is 19.3 Å². The van der Waals surface area contributed by atoms with Crippen LogP contribution in [0.15, 0.2) is 60.0 Å². The third-order valence-electron chi connectivity index (χ3n) is 3.70. The number of aromatic nitrogens is 3. The average Bonchev–Trinajstić information content (AvgIpc) is 3.16. The van der Waals surface area contributed by atoms with Crippen LogP contribution < -0.4 is 10.0 Å². The van der Waals surface area contributed by atoms with Gasteiger partial charge in [0.25, 0.3) is 0 Å². The maximum absolute atomic E-state index is 12.3. The summed E-state index contributed by atoms with van der Waals surface area (Å²) < 4.78 is 29.0. The van der Waals surface area contributed by atoms with Crippen LogP contribution in [0.4, 0.5) is 5.82 Å². The SMILES string of the molecule is Cc1ccc(S(=O)(=O)NCCNc2cc(-n3cccc3)ncn2)cc1Cl. The van der Waals surface area contributed by atoms with Gasteiger partial charge in [0.2, 0.25) is 10.0 Å². The maximum Gasteiger partial charge on any atom is 0.240 e. The van der Waals surface area contributed by atoms with Crippen LogP contribution in [0.1, 0.15) is 5.56 Å². The van der Waals surface area contributed by atoms with E-state index in [1.807, 2.05) is 36.0 Å². The Morgan fingerprint density at radius 3 is 2.62 bits per heavy atom. The fraction of sp³-hybridized carbons (Fsp3) is 0.176. The summed E-state index contributed by atoms with van der Waals surface area (Å²) in [6.45, 7) is 2.40. The van der Waals surface area contributed by atoms with E-state index in [1.165, 1.54) is 18.5 Å². The minimum absolute atomic E-state index is 0.144. The zero-order valence-corrected chi connectivity index (χ0v) is 15.6. The summed E-state index contributed by atoms with van der Waals surface area (Å²) >= 11 is 6.00. The zero-order valence-electron chi connectivity index (χ0n) is 14.1. The van der Waals surface area contributed by atoms with Gasteiger partial charge in [-0.15, -0.1) is 0 Å². The first-order valence-electron chi connectivity index (χ1n) is 7.91. The molecule has 2 aromatic heterocycles. The Morgan fingerprint density at radius 1 is 1.12 bits per heavy atom. The van der Waals surface area contributed by atoms with Gasteiger partial charge in [-0.25, -0.2) is 23.1 Å². The Bertz CT molecular complexity index is 990. The van der Waals surface area contributed by atoms with Crippen LogP contribution >= 0.6 is 11.6 Å². The first-order valence-corrected chi connectivity index (χ1v) is 9.77. The van der Waals surface area contributed by atoms with Crippen molar-refractivity contribution in [2.24, 2.45) is 0 Å². The Morgan fingerprint density at radius 2 is 1.88 bits per heavy atom. The summed E-state index contributed by atoms with van der Waals surface area (Å²) in [5.41, 5.74) is 0.828. The van der Waals surface area contributed by atoms with Gasteiger partial charge in [-0.2, -0.15) is 0 Å². The highest BCUT2D eigenvalue weighted by Gasteiger charge is 2.14. The van der Waals surface area contributed by atoms with Crippen LogP contribution in [0.5, 0.6) is 0 Å². The Hall–Kier alpha value is -2.42. The molecular weight excluding hydrogens is 374 g/mol. The lowest BCUT2D eigenvalue weighted by Crippen LogP contribution is -2.29. The van der Waals surface area contributed by atoms with Crippen molar-refractivity contribution in [2.75, 3.05) is 18.4 Å². The van der Waals surface area contributed by atoms with Crippen LogP contribution in [0, 0.1) is 6.92 Å². The van der Waals surface area contributed by atoms with Crippen molar-refractivity contribution < 1.29 is 8.42 Å². The number of sulfonamides is 1. The van der Waals surface area contributed by atoms with Crippen LogP contribution in [0.25, 0.3) is 5.82 Å². The molecule has 3 rings (SSSR count). The van der Waals surface area contributed by atoms with E-state index in [-0.39, 0.29) is 11.4 Å². The van der Waals surface area contributed by atoms with Crippen molar-refractivity contribution in [3.63, 3.8) is 0 Å². The monoisotopic (exact) mass is 391 g/mol. The van der Waals surface area contributed by atoms with Crippen molar-refractivity contribution in [2.45, 2.75) is 11.8 Å². The molecule has 0 unspecified atom stereocenters. The lowest BCUT2D eigenvalue weighted by atomic mass is 10.2. The molecule has 0 aliphatic heterocycles. The Kier molecular flexibility index (Phi) is 5.55. The van der Waals surface area contributed by atoms with Gasteiger partial charge in [0.1, 0.15) is 18.0 Å². The van der Waals surface area contributed by atoms with Crippen molar-refractivity contribution in [1.29, 1.82) is 0 Å². The number of hydrogen-bond acceptors (Lipinski definition) is 5. The van der Waals surface area contributed by atoms with Gasteiger partial charge in [-0.05, 0) is 36.8 Å². The molecule has 2 heterocycles. The molecule has 3 aromatic rings. The number of rotatable bonds is 7. The molecule has 0 saturated carbocycles. The molecule has 0 amide bonds. The topological polar surface area (TPSA) is 88.9 Å². The first-order chi connectivity index (χ1) is 12.5. The highest BCUT2D eigenvalue weighted by atomic mass is 35.5. The molecule has 0 bridgehead atoms. The number of hydrogen-bond donors (Lipinski definition) is 2. The molecule has 0 spiro atoms. The molecule has 0 aliphatic rings. The predicted molar refractivity (Wildman–Crippen MR) is 101 cm³/mol. The van der Waals surface area contributed by atoms with E-state index in [0.717, 1.165) is 11.4 Å². The molecule has 0 atom stereocenters. The number of nitrogens with one attached hydrogen (secondary N) is 2. The second-order valence-corrected chi connectivity index (χ2v) is 7.76. The first kappa shape index (κ1) is 18.4. The summed E-state index contributed by atoms with van der Waals surface area (Å²) in [5.74, 6) is 1.34. The molecule has 0 aliphatic carbocycles. The standard InChI is InChI=1S/C17H18ClN5O2S/c1-13-4-5-14(10-15(13)18)26(24,25)22-7-6-19-16-11-17(21-12-20-16)23-8-2-3-9-23/h2-5,8-12,22H,6-7H2,1H3,(H,19,20,21). The molecule has 26 heavy (non-hydrogen) atoms. The fourth-order valence-corrected chi connectivity index (χ4v) is 3.58. The molecule has 7 nitrogen and oxygen atoms in total. The summed E-state index contributed by atoms with van der Waals surface area (Å²) in [6.07, 6.45) is 5.22. The van der Waals surface area contributed by atoms with Gasteiger partial charge in [0, 0.05) is 36.6 Å². The fourth-order valence-electron chi connectivity index (χ4n) is 2.27. The molecule has 2 N–H and O–H groups in total. The van der Waals surface area contributed by atoms with E-state index in [4.69, 9.17) is 11.6 Å². The molecule has 0 saturated heterocycles. The smallest absolute Gasteiger partial charge is 0.240 e. The third kappa shape index (κ3) is 4.40. The van der Waals surface area contributed by atoms with Gasteiger partial charge < -0.3 is 9.88 Å². The van der Waals surface area contributed by atoms with E-state index in [9.17, 15) is 8.42 Å². The highest BCUT2D eigenvalue weighted by Crippen LogP contribution is 2.19. The molecular formula is C17H18ClN5O2S. The molecule has 9 heteroatoms. The van der Waals surface area contributed by atoms with Gasteiger partial charge in [0.05, 0.1) is 4.90 Å². The van der Waals surface area contributed by atoms with Crippen molar-refractivity contribution in [3.05, 3.63) is 65.7 Å². The quantitative estimate of drug-likeness (QED) is 0.604. The molecule has 136 valence electrons. The van der Waals surface area contributed by atoms with Crippen LogP contribution in [-0.2, 0) is 10.0 Å². The van der Waals surface area contributed by atoms with E-state index in [1.54, 1.807) is 12.1 Å². The van der Waals surface area contributed by atoms with Crippen molar-refractivity contribution >= 4 is 27.4 Å². The lowest BCUT2D eigenvalue weighted by Gasteiger charge is -2.10. The normalized spacial score (nSPS) is 11.5. The zero-order chi connectivity index (χ0) is 18.6. The lowest BCUT2D eigenvalue weighted by molar-refractivity contribution is 0.583. The van der Waals surface area contributed by atoms with Gasteiger partial charge in [-0.3, -0.25) is 0 Å². The molecule has 0 radical (unpaired) electrons. The average molecular weight is 392 g/mol. The summed E-state index contributed by atoms with van der Waals surface area (Å²) in [6, 6.07) is 10.3. The minimum Gasteiger partial charge on any atom is -0.369 e. The number of aryl methyl sites for hydroxylation is 1. The number of benzene rings is 1. The van der Waals surface area contributed by atoms with E-state index in [0.29, 0.717) is 17.4 Å². The summed E-state index contributed by atoms with van der Waals surface area (Å²) in [7, 11) is -3.61. The van der Waals surface area contributed by atoms with Crippen molar-refractivity contribution in [3.8, 4) is 5.82 Å². The highest BCUT2D eigenvalue weighted by molar-refractivity contribution is 7.89. The van der Waals surface area contributed by atoms with E-state index in [2.05, 4.69) is 20.0 Å². The predicted octanol–water partition coefficient (Wildman–Crippen LogP) is 2.62. The van der Waals surface area contributed by atoms with Gasteiger partial charge in [0.15, 0.2) is 0 Å².